The lowest BCUT2D eigenvalue weighted by atomic mass is 10.1. The molecule has 2 aromatic rings. The molecule has 27 heavy (non-hydrogen) atoms. The van der Waals surface area contributed by atoms with Crippen LogP contribution in [0.1, 0.15) is 9.67 Å². The zero-order chi connectivity index (χ0) is 19.2. The van der Waals surface area contributed by atoms with Gasteiger partial charge < -0.3 is 26.6 Å². The Morgan fingerprint density at radius 1 is 1.15 bits per heavy atom. The molecule has 142 valence electrons. The molecule has 8 nitrogen and oxygen atoms in total. The smallest absolute Gasteiger partial charge is 0.312 e. The topological polar surface area (TPSA) is 117 Å². The second-order valence-corrected chi connectivity index (χ2v) is 7.14. The third-order valence-electron chi connectivity index (χ3n) is 4.08. The molecule has 0 spiro atoms. The number of carbonyl (C=O) groups excluding carboxylic acids is 3. The summed E-state index contributed by atoms with van der Waals surface area (Å²) in [5.74, 6) is -0.318. The predicted molar refractivity (Wildman–Crippen MR) is 105 cm³/mol. The van der Waals surface area contributed by atoms with Crippen LogP contribution in [0.2, 0.25) is 0 Å². The maximum atomic E-state index is 12.6. The van der Waals surface area contributed by atoms with Gasteiger partial charge in [0.2, 0.25) is 5.91 Å². The monoisotopic (exact) mass is 387 g/mol. The van der Waals surface area contributed by atoms with Gasteiger partial charge in [0.25, 0.3) is 5.91 Å². The number of nitrogens with two attached hydrogens (primary N) is 1. The number of carbonyl (C=O) groups is 3. The van der Waals surface area contributed by atoms with Gasteiger partial charge >= 0.3 is 6.03 Å². The zero-order valence-electron chi connectivity index (χ0n) is 14.7. The maximum absolute atomic E-state index is 12.6. The van der Waals surface area contributed by atoms with Crippen molar-refractivity contribution in [3.8, 4) is 10.4 Å². The van der Waals surface area contributed by atoms with E-state index in [0.717, 1.165) is 23.5 Å². The van der Waals surface area contributed by atoms with Crippen molar-refractivity contribution in [2.45, 2.75) is 0 Å². The number of amides is 4. The van der Waals surface area contributed by atoms with Gasteiger partial charge in [-0.15, -0.1) is 11.3 Å². The number of hydrogen-bond acceptors (Lipinski definition) is 5. The first-order chi connectivity index (χ1) is 13.0. The summed E-state index contributed by atoms with van der Waals surface area (Å²) in [6.07, 6.45) is 0. The van der Waals surface area contributed by atoms with Crippen LogP contribution in [0, 0.1) is 0 Å². The Balaban J connectivity index is 1.68. The molecule has 0 saturated carbocycles. The van der Waals surface area contributed by atoms with E-state index in [9.17, 15) is 14.4 Å². The van der Waals surface area contributed by atoms with Gasteiger partial charge in [0.1, 0.15) is 0 Å². The first-order valence-electron chi connectivity index (χ1n) is 8.56. The van der Waals surface area contributed by atoms with Crippen molar-refractivity contribution in [1.29, 1.82) is 0 Å². The Labute approximate surface area is 160 Å². The highest BCUT2D eigenvalue weighted by atomic mass is 32.1. The zero-order valence-corrected chi connectivity index (χ0v) is 15.5. The fraction of sp³-hybridized carbons (Fsp3) is 0.278. The van der Waals surface area contributed by atoms with Crippen molar-refractivity contribution < 1.29 is 14.4 Å². The molecule has 1 fully saturated rings. The number of anilines is 1. The summed E-state index contributed by atoms with van der Waals surface area (Å²) in [6.45, 7) is 2.87. The molecule has 2 heterocycles. The molecule has 9 heteroatoms. The fourth-order valence-electron chi connectivity index (χ4n) is 2.75. The van der Waals surface area contributed by atoms with Crippen LogP contribution >= 0.6 is 11.3 Å². The van der Waals surface area contributed by atoms with Gasteiger partial charge in [0, 0.05) is 36.7 Å². The molecule has 5 N–H and O–H groups in total. The molecular weight excluding hydrogens is 366 g/mol. The molecule has 1 aliphatic heterocycles. The number of thiophene rings is 1. The molecule has 0 radical (unpaired) electrons. The van der Waals surface area contributed by atoms with Gasteiger partial charge in [0.15, 0.2) is 0 Å². The number of primary amides is 1. The number of urea groups is 1. The molecule has 0 bridgehead atoms. The van der Waals surface area contributed by atoms with Crippen LogP contribution in [-0.4, -0.2) is 55.5 Å². The quantitative estimate of drug-likeness (QED) is 0.614. The van der Waals surface area contributed by atoms with Crippen LogP contribution < -0.4 is 21.7 Å². The van der Waals surface area contributed by atoms with Crippen molar-refractivity contribution in [3.05, 3.63) is 41.3 Å². The van der Waals surface area contributed by atoms with Crippen LogP contribution in [0.5, 0.6) is 0 Å². The Morgan fingerprint density at radius 2 is 1.93 bits per heavy atom. The van der Waals surface area contributed by atoms with Crippen molar-refractivity contribution in [1.82, 2.24) is 15.5 Å². The summed E-state index contributed by atoms with van der Waals surface area (Å²) in [5, 5.41) is 8.18. The van der Waals surface area contributed by atoms with Crippen LogP contribution in [0.3, 0.4) is 0 Å². The lowest BCUT2D eigenvalue weighted by molar-refractivity contribution is -0.115. The third kappa shape index (κ3) is 5.05. The fourth-order valence-corrected chi connectivity index (χ4v) is 3.72. The minimum absolute atomic E-state index is 0.0507. The van der Waals surface area contributed by atoms with E-state index in [1.807, 2.05) is 35.2 Å². The normalized spacial score (nSPS) is 13.9. The first kappa shape index (κ1) is 18.9. The van der Waals surface area contributed by atoms with Crippen molar-refractivity contribution >= 4 is 34.9 Å². The van der Waals surface area contributed by atoms with Crippen LogP contribution in [0.25, 0.3) is 10.4 Å². The predicted octanol–water partition coefficient (Wildman–Crippen LogP) is 1.07. The van der Waals surface area contributed by atoms with Crippen molar-refractivity contribution in [2.75, 3.05) is 38.0 Å². The Hall–Kier alpha value is -2.91. The Kier molecular flexibility index (Phi) is 6.05. The minimum atomic E-state index is -0.751. The van der Waals surface area contributed by atoms with Gasteiger partial charge in [-0.25, -0.2) is 4.79 Å². The summed E-state index contributed by atoms with van der Waals surface area (Å²) >= 11 is 1.43. The summed E-state index contributed by atoms with van der Waals surface area (Å²) in [6, 6.07) is 10.3. The van der Waals surface area contributed by atoms with E-state index < -0.39 is 6.03 Å². The molecule has 4 amide bonds. The molecule has 0 atom stereocenters. The Bertz CT molecular complexity index is 845. The summed E-state index contributed by atoms with van der Waals surface area (Å²) in [4.78, 5) is 38.6. The van der Waals surface area contributed by atoms with Crippen LogP contribution in [0.15, 0.2) is 36.4 Å². The second kappa shape index (κ2) is 8.65. The average molecular weight is 387 g/mol. The highest BCUT2D eigenvalue weighted by molar-refractivity contribution is 7.17. The lowest BCUT2D eigenvalue weighted by Crippen LogP contribution is -2.46. The van der Waals surface area contributed by atoms with E-state index in [4.69, 9.17) is 5.73 Å². The SMILES string of the molecule is NC(=O)NCC(=O)Nc1cccc(-c2ccc(C(=O)N3CCNCC3)s2)c1. The van der Waals surface area contributed by atoms with Crippen molar-refractivity contribution in [3.63, 3.8) is 0 Å². The molecular formula is C18H21N5O3S. The van der Waals surface area contributed by atoms with Gasteiger partial charge in [-0.1, -0.05) is 12.1 Å². The van der Waals surface area contributed by atoms with E-state index >= 15 is 0 Å². The molecule has 1 saturated heterocycles. The lowest BCUT2D eigenvalue weighted by Gasteiger charge is -2.26. The van der Waals surface area contributed by atoms with E-state index in [1.54, 1.807) is 6.07 Å². The van der Waals surface area contributed by atoms with E-state index in [2.05, 4.69) is 16.0 Å². The van der Waals surface area contributed by atoms with Crippen molar-refractivity contribution in [2.24, 2.45) is 5.73 Å². The first-order valence-corrected chi connectivity index (χ1v) is 9.38. The summed E-state index contributed by atoms with van der Waals surface area (Å²) in [5.41, 5.74) is 6.46. The van der Waals surface area contributed by atoms with Crippen LogP contribution in [-0.2, 0) is 4.79 Å². The molecule has 1 aliphatic rings. The highest BCUT2D eigenvalue weighted by Gasteiger charge is 2.19. The largest absolute Gasteiger partial charge is 0.352 e. The molecule has 0 aliphatic carbocycles. The molecule has 0 unspecified atom stereocenters. The van der Waals surface area contributed by atoms with Gasteiger partial charge in [-0.3, -0.25) is 9.59 Å². The summed E-state index contributed by atoms with van der Waals surface area (Å²) < 4.78 is 0. The minimum Gasteiger partial charge on any atom is -0.352 e. The number of nitrogens with zero attached hydrogens (tertiary/aromatic N) is 1. The molecule has 1 aromatic heterocycles. The van der Waals surface area contributed by atoms with E-state index in [1.165, 1.54) is 11.3 Å². The standard InChI is InChI=1S/C18H21N5O3S/c19-18(26)21-11-16(24)22-13-3-1-2-12(10-13)14-4-5-15(27-14)17(25)23-8-6-20-7-9-23/h1-5,10,20H,6-9,11H2,(H,22,24)(H3,19,21,26). The Morgan fingerprint density at radius 3 is 2.67 bits per heavy atom. The van der Waals surface area contributed by atoms with E-state index in [-0.39, 0.29) is 18.4 Å². The molecule has 3 rings (SSSR count). The van der Waals surface area contributed by atoms with Gasteiger partial charge in [-0.2, -0.15) is 0 Å². The number of piperazine rings is 1. The van der Waals surface area contributed by atoms with E-state index in [0.29, 0.717) is 23.7 Å². The summed E-state index contributed by atoms with van der Waals surface area (Å²) in [7, 11) is 0. The number of benzene rings is 1. The number of nitrogens with one attached hydrogen (secondary N) is 3. The van der Waals surface area contributed by atoms with Gasteiger partial charge in [-0.05, 0) is 29.8 Å². The second-order valence-electron chi connectivity index (χ2n) is 6.05. The average Bonchev–Trinajstić information content (AvgIpc) is 3.17. The van der Waals surface area contributed by atoms with Crippen LogP contribution in [0.4, 0.5) is 10.5 Å². The third-order valence-corrected chi connectivity index (χ3v) is 5.20. The van der Waals surface area contributed by atoms with Gasteiger partial charge in [0.05, 0.1) is 11.4 Å². The number of hydrogen-bond donors (Lipinski definition) is 4. The number of rotatable bonds is 5. The highest BCUT2D eigenvalue weighted by Crippen LogP contribution is 2.30. The molecule has 1 aromatic carbocycles. The maximum Gasteiger partial charge on any atom is 0.312 e.